The van der Waals surface area contributed by atoms with Crippen LogP contribution in [0.1, 0.15) is 17.2 Å². The number of Topliss-reactive ketones (excluding diaryl/α,β-unsaturated/α-hetero) is 1. The summed E-state index contributed by atoms with van der Waals surface area (Å²) < 4.78 is 16.7. The van der Waals surface area contributed by atoms with Gasteiger partial charge >= 0.3 is 0 Å². The van der Waals surface area contributed by atoms with Crippen LogP contribution < -0.4 is 19.1 Å². The van der Waals surface area contributed by atoms with Gasteiger partial charge in [0.2, 0.25) is 6.79 Å². The van der Waals surface area contributed by atoms with Crippen molar-refractivity contribution in [2.45, 2.75) is 6.04 Å². The third-order valence-corrected chi connectivity index (χ3v) is 6.38. The molecule has 2 N–H and O–H groups in total. The average molecular weight is 507 g/mol. The normalized spacial score (nSPS) is 17.6. The Morgan fingerprint density at radius 2 is 1.55 bits per heavy atom. The number of rotatable bonds is 5. The predicted octanol–water partition coefficient (Wildman–Crippen LogP) is 5.54. The number of aliphatic hydroxyl groups is 1. The zero-order valence-corrected chi connectivity index (χ0v) is 19.9. The number of aliphatic hydroxyl groups excluding tert-OH is 1. The number of carbonyl (C=O) groups is 2. The number of fused-ring (bicyclic) bond motifs is 1. The molecule has 0 bridgehead atoms. The smallest absolute Gasteiger partial charge is 0.300 e. The van der Waals surface area contributed by atoms with Crippen molar-refractivity contribution in [3.8, 4) is 28.7 Å². The summed E-state index contributed by atoms with van der Waals surface area (Å²) in [5.41, 5.74) is 0.794. The molecule has 0 saturated carbocycles. The van der Waals surface area contributed by atoms with E-state index >= 15 is 0 Å². The molecule has 0 spiro atoms. The number of benzene rings is 4. The molecule has 38 heavy (non-hydrogen) atoms. The van der Waals surface area contributed by atoms with E-state index in [-0.39, 0.29) is 35.1 Å². The van der Waals surface area contributed by atoms with E-state index in [0.717, 1.165) is 0 Å². The molecule has 6 rings (SSSR count). The van der Waals surface area contributed by atoms with Crippen LogP contribution in [0.15, 0.2) is 103 Å². The molecule has 1 atom stereocenters. The Bertz CT molecular complexity index is 1600. The first kappa shape index (κ1) is 23.2. The first-order valence-electron chi connectivity index (χ1n) is 11.8. The van der Waals surface area contributed by atoms with Crippen molar-refractivity contribution in [1.29, 1.82) is 0 Å². The zero-order chi connectivity index (χ0) is 26.2. The summed E-state index contributed by atoms with van der Waals surface area (Å²) in [5.74, 6) is -0.314. The van der Waals surface area contributed by atoms with Crippen LogP contribution in [0.5, 0.6) is 28.7 Å². The standard InChI is InChI=1S/C30H21NO7/c32-23-12-5-4-11-22(23)31-27(18-7-6-10-21(15-18)38-20-8-2-1-3-9-20)26(29(34)30(31)35)28(33)19-13-14-24-25(16-19)37-17-36-24/h1-16,27,32-33H,17H2/b28-26-. The van der Waals surface area contributed by atoms with Gasteiger partial charge < -0.3 is 24.4 Å². The number of nitrogens with zero attached hydrogens (tertiary/aromatic N) is 1. The third kappa shape index (κ3) is 3.98. The molecule has 1 fully saturated rings. The molecule has 2 aliphatic rings. The van der Waals surface area contributed by atoms with Crippen molar-refractivity contribution in [3.63, 3.8) is 0 Å². The van der Waals surface area contributed by atoms with Crippen LogP contribution in [0, 0.1) is 0 Å². The Hall–Kier alpha value is -5.24. The molecule has 4 aromatic carbocycles. The summed E-state index contributed by atoms with van der Waals surface area (Å²) in [7, 11) is 0. The maximum atomic E-state index is 13.4. The fourth-order valence-corrected chi connectivity index (χ4v) is 4.64. The van der Waals surface area contributed by atoms with Crippen molar-refractivity contribution in [1.82, 2.24) is 0 Å². The lowest BCUT2D eigenvalue weighted by molar-refractivity contribution is -0.132. The van der Waals surface area contributed by atoms with Gasteiger partial charge in [0.05, 0.1) is 17.3 Å². The summed E-state index contributed by atoms with van der Waals surface area (Å²) in [4.78, 5) is 28.0. The molecule has 4 aromatic rings. The van der Waals surface area contributed by atoms with E-state index < -0.39 is 17.7 Å². The van der Waals surface area contributed by atoms with E-state index in [2.05, 4.69) is 0 Å². The van der Waals surface area contributed by atoms with E-state index in [0.29, 0.717) is 28.6 Å². The van der Waals surface area contributed by atoms with Crippen LogP contribution in [0.2, 0.25) is 0 Å². The number of para-hydroxylation sites is 3. The Morgan fingerprint density at radius 3 is 2.37 bits per heavy atom. The minimum Gasteiger partial charge on any atom is -0.507 e. The summed E-state index contributed by atoms with van der Waals surface area (Å²) in [6, 6.07) is 26.0. The molecular formula is C30H21NO7. The van der Waals surface area contributed by atoms with Crippen LogP contribution >= 0.6 is 0 Å². The molecule has 0 aromatic heterocycles. The number of phenols is 1. The monoisotopic (exact) mass is 507 g/mol. The fraction of sp³-hybridized carbons (Fsp3) is 0.0667. The lowest BCUT2D eigenvalue weighted by atomic mass is 9.94. The molecule has 1 amide bonds. The molecule has 188 valence electrons. The van der Waals surface area contributed by atoms with Gasteiger partial charge in [-0.1, -0.05) is 42.5 Å². The highest BCUT2D eigenvalue weighted by Crippen LogP contribution is 2.46. The van der Waals surface area contributed by atoms with Crippen molar-refractivity contribution in [2.75, 3.05) is 11.7 Å². The topological polar surface area (TPSA) is 106 Å². The van der Waals surface area contributed by atoms with Gasteiger partial charge in [-0.15, -0.1) is 0 Å². The van der Waals surface area contributed by atoms with Gasteiger partial charge in [-0.25, -0.2) is 0 Å². The molecule has 8 nitrogen and oxygen atoms in total. The lowest BCUT2D eigenvalue weighted by Crippen LogP contribution is -2.29. The molecule has 0 aliphatic carbocycles. The molecule has 2 aliphatic heterocycles. The number of phenolic OH excluding ortho intramolecular Hbond substituents is 1. The largest absolute Gasteiger partial charge is 0.507 e. The lowest BCUT2D eigenvalue weighted by Gasteiger charge is -2.26. The van der Waals surface area contributed by atoms with E-state index in [4.69, 9.17) is 14.2 Å². The Labute approximate surface area is 217 Å². The van der Waals surface area contributed by atoms with Crippen LogP contribution in [-0.2, 0) is 9.59 Å². The summed E-state index contributed by atoms with van der Waals surface area (Å²) in [6.07, 6.45) is 0. The van der Waals surface area contributed by atoms with Crippen LogP contribution in [0.3, 0.4) is 0 Å². The third-order valence-electron chi connectivity index (χ3n) is 6.38. The number of anilines is 1. The highest BCUT2D eigenvalue weighted by Gasteiger charge is 2.47. The van der Waals surface area contributed by atoms with Gasteiger partial charge in [0.1, 0.15) is 23.0 Å². The number of carbonyl (C=O) groups excluding carboxylic acids is 2. The van der Waals surface area contributed by atoms with Gasteiger partial charge in [-0.2, -0.15) is 0 Å². The molecule has 1 saturated heterocycles. The zero-order valence-electron chi connectivity index (χ0n) is 19.9. The number of amides is 1. The highest BCUT2D eigenvalue weighted by atomic mass is 16.7. The number of ketones is 1. The number of ether oxygens (including phenoxy) is 3. The van der Waals surface area contributed by atoms with Crippen molar-refractivity contribution >= 4 is 23.1 Å². The van der Waals surface area contributed by atoms with Gasteiger partial charge in [0.25, 0.3) is 11.7 Å². The summed E-state index contributed by atoms with van der Waals surface area (Å²) in [5, 5.41) is 22.0. The highest BCUT2D eigenvalue weighted by molar-refractivity contribution is 6.51. The van der Waals surface area contributed by atoms with E-state index in [1.807, 2.05) is 18.2 Å². The molecule has 8 heteroatoms. The number of hydrogen-bond acceptors (Lipinski definition) is 7. The average Bonchev–Trinajstić information content (AvgIpc) is 3.51. The maximum Gasteiger partial charge on any atom is 0.300 e. The number of hydrogen-bond donors (Lipinski definition) is 2. The van der Waals surface area contributed by atoms with Gasteiger partial charge in [0, 0.05) is 5.56 Å². The maximum absolute atomic E-state index is 13.4. The Kier molecular flexibility index (Phi) is 5.69. The second-order valence-electron chi connectivity index (χ2n) is 8.71. The van der Waals surface area contributed by atoms with Crippen molar-refractivity contribution in [2.24, 2.45) is 0 Å². The van der Waals surface area contributed by atoms with Gasteiger partial charge in [-0.3, -0.25) is 14.5 Å². The van der Waals surface area contributed by atoms with Gasteiger partial charge in [0.15, 0.2) is 11.5 Å². The second kappa shape index (κ2) is 9.33. The molecular weight excluding hydrogens is 486 g/mol. The van der Waals surface area contributed by atoms with Crippen LogP contribution in [-0.4, -0.2) is 28.7 Å². The van der Waals surface area contributed by atoms with Crippen molar-refractivity contribution < 1.29 is 34.0 Å². The second-order valence-corrected chi connectivity index (χ2v) is 8.71. The van der Waals surface area contributed by atoms with Gasteiger partial charge in [-0.05, 0) is 60.2 Å². The molecule has 2 heterocycles. The van der Waals surface area contributed by atoms with E-state index in [9.17, 15) is 19.8 Å². The quantitative estimate of drug-likeness (QED) is 0.208. The summed E-state index contributed by atoms with van der Waals surface area (Å²) >= 11 is 0. The van der Waals surface area contributed by atoms with E-state index in [1.54, 1.807) is 72.8 Å². The number of aromatic hydroxyl groups is 1. The van der Waals surface area contributed by atoms with Crippen LogP contribution in [0.4, 0.5) is 5.69 Å². The minimum absolute atomic E-state index is 0.0471. The first-order valence-corrected chi connectivity index (χ1v) is 11.8. The SMILES string of the molecule is O=C1C(=O)N(c2ccccc2O)C(c2cccc(Oc3ccccc3)c2)/C1=C(/O)c1ccc2c(c1)OCO2. The first-order chi connectivity index (χ1) is 18.5. The fourth-order valence-electron chi connectivity index (χ4n) is 4.64. The van der Waals surface area contributed by atoms with E-state index in [1.165, 1.54) is 11.0 Å². The Morgan fingerprint density at radius 1 is 0.816 bits per heavy atom. The van der Waals surface area contributed by atoms with Crippen LogP contribution in [0.25, 0.3) is 5.76 Å². The van der Waals surface area contributed by atoms with Crippen molar-refractivity contribution in [3.05, 3.63) is 114 Å². The Balaban J connectivity index is 1.51. The predicted molar refractivity (Wildman–Crippen MR) is 138 cm³/mol. The molecule has 0 radical (unpaired) electrons. The molecule has 1 unspecified atom stereocenters. The summed E-state index contributed by atoms with van der Waals surface area (Å²) in [6.45, 7) is 0.0471. The minimum atomic E-state index is -1.05.